The number of benzene rings is 3. The molecule has 0 aliphatic heterocycles. The van der Waals surface area contributed by atoms with Gasteiger partial charge in [-0.15, -0.1) is 0 Å². The predicted octanol–water partition coefficient (Wildman–Crippen LogP) is 4.31. The topological polar surface area (TPSA) is 82.0 Å². The van der Waals surface area contributed by atoms with Crippen molar-refractivity contribution in [3.05, 3.63) is 95.1 Å². The zero-order valence-corrected chi connectivity index (χ0v) is 18.4. The first-order valence-corrected chi connectivity index (χ1v) is 10.8. The van der Waals surface area contributed by atoms with Gasteiger partial charge in [-0.05, 0) is 48.7 Å². The fourth-order valence-corrected chi connectivity index (χ4v) is 3.46. The summed E-state index contributed by atoms with van der Waals surface area (Å²) < 4.78 is 33.8. The van der Waals surface area contributed by atoms with E-state index in [9.17, 15) is 24.1 Å². The van der Waals surface area contributed by atoms with Crippen molar-refractivity contribution in [1.82, 2.24) is 5.32 Å². The molecule has 0 saturated heterocycles. The van der Waals surface area contributed by atoms with Gasteiger partial charge in [0.2, 0.25) is 0 Å². The minimum atomic E-state index is -3.07. The second kappa shape index (κ2) is 11.2. The highest BCUT2D eigenvalue weighted by molar-refractivity contribution is 5.36. The number of aromatic hydroxyl groups is 1. The molecule has 7 heteroatoms. The number of hydrogen-bond acceptors (Lipinski definition) is 5. The summed E-state index contributed by atoms with van der Waals surface area (Å²) in [6.07, 6.45) is -0.120. The zero-order valence-electron chi connectivity index (χ0n) is 18.4. The second-order valence-corrected chi connectivity index (χ2v) is 8.08. The maximum absolute atomic E-state index is 14.2. The predicted molar refractivity (Wildman–Crippen MR) is 122 cm³/mol. The van der Waals surface area contributed by atoms with Gasteiger partial charge in [-0.3, -0.25) is 0 Å². The number of aliphatic hydroxyl groups excluding tert-OH is 2. The molecule has 0 aliphatic rings. The third-order valence-corrected chi connectivity index (χ3v) is 5.40. The maximum Gasteiger partial charge on any atom is 0.306 e. The molecule has 0 spiro atoms. The molecular formula is C26H29F2NO4. The van der Waals surface area contributed by atoms with Crippen molar-refractivity contribution in [3.8, 4) is 11.5 Å². The van der Waals surface area contributed by atoms with Gasteiger partial charge in [0.25, 0.3) is 0 Å². The van der Waals surface area contributed by atoms with Crippen LogP contribution in [0.15, 0.2) is 72.8 Å². The van der Waals surface area contributed by atoms with Crippen LogP contribution in [0.2, 0.25) is 0 Å². The van der Waals surface area contributed by atoms with Crippen LogP contribution in [0.1, 0.15) is 35.3 Å². The number of aliphatic hydroxyl groups is 2. The van der Waals surface area contributed by atoms with Gasteiger partial charge < -0.3 is 25.4 Å². The number of hydrogen-bond donors (Lipinski definition) is 4. The van der Waals surface area contributed by atoms with Gasteiger partial charge >= 0.3 is 5.92 Å². The molecule has 4 N–H and O–H groups in total. The Morgan fingerprint density at radius 2 is 1.70 bits per heavy atom. The quantitative estimate of drug-likeness (QED) is 0.345. The SMILES string of the molecule is C[C@H](Cc1ccc(OCC(F)(F)c2ccccc2)cc1)NC[C@H](O)c1ccc(O)c(CO)c1. The molecule has 2 atom stereocenters. The van der Waals surface area contributed by atoms with E-state index in [1.165, 1.54) is 18.2 Å². The van der Waals surface area contributed by atoms with Crippen molar-refractivity contribution >= 4 is 0 Å². The van der Waals surface area contributed by atoms with Gasteiger partial charge in [-0.25, -0.2) is 0 Å². The van der Waals surface area contributed by atoms with Crippen molar-refractivity contribution < 1.29 is 28.8 Å². The van der Waals surface area contributed by atoms with Crippen LogP contribution in [0.3, 0.4) is 0 Å². The van der Waals surface area contributed by atoms with Gasteiger partial charge in [0.05, 0.1) is 12.7 Å². The van der Waals surface area contributed by atoms with Gasteiger partial charge in [0.15, 0.2) is 6.61 Å². The highest BCUT2D eigenvalue weighted by Crippen LogP contribution is 2.29. The molecule has 0 aromatic heterocycles. The molecule has 0 radical (unpaired) electrons. The Morgan fingerprint density at radius 3 is 2.36 bits per heavy atom. The lowest BCUT2D eigenvalue weighted by Gasteiger charge is -2.19. The zero-order chi connectivity index (χ0) is 23.8. The number of ether oxygens (including phenoxy) is 1. The second-order valence-electron chi connectivity index (χ2n) is 8.08. The van der Waals surface area contributed by atoms with E-state index in [0.717, 1.165) is 5.56 Å². The van der Waals surface area contributed by atoms with E-state index >= 15 is 0 Å². The largest absolute Gasteiger partial charge is 0.508 e. The molecule has 0 aliphatic carbocycles. The Kier molecular flexibility index (Phi) is 8.38. The summed E-state index contributed by atoms with van der Waals surface area (Å²) in [6.45, 7) is 1.24. The van der Waals surface area contributed by atoms with E-state index in [-0.39, 0.29) is 24.0 Å². The van der Waals surface area contributed by atoms with Crippen LogP contribution >= 0.6 is 0 Å². The number of nitrogens with one attached hydrogen (secondary N) is 1. The van der Waals surface area contributed by atoms with Gasteiger partial charge in [0, 0.05) is 23.7 Å². The van der Waals surface area contributed by atoms with Gasteiger partial charge in [0.1, 0.15) is 11.5 Å². The minimum absolute atomic E-state index is 0.00834. The molecular weight excluding hydrogens is 428 g/mol. The van der Waals surface area contributed by atoms with Gasteiger partial charge in [-0.1, -0.05) is 48.5 Å². The lowest BCUT2D eigenvalue weighted by atomic mass is 10.0. The molecule has 3 rings (SSSR count). The first kappa shape index (κ1) is 24.6. The van der Waals surface area contributed by atoms with E-state index in [2.05, 4.69) is 5.32 Å². The Hall–Kier alpha value is -3.00. The number of alkyl halides is 2. The lowest BCUT2D eigenvalue weighted by Crippen LogP contribution is -2.32. The van der Waals surface area contributed by atoms with Crippen molar-refractivity contribution in [2.75, 3.05) is 13.2 Å². The van der Waals surface area contributed by atoms with Crippen LogP contribution < -0.4 is 10.1 Å². The summed E-state index contributed by atoms with van der Waals surface area (Å²) in [7, 11) is 0. The smallest absolute Gasteiger partial charge is 0.306 e. The Labute approximate surface area is 192 Å². The van der Waals surface area contributed by atoms with Crippen molar-refractivity contribution in [2.24, 2.45) is 0 Å². The molecule has 0 bridgehead atoms. The summed E-state index contributed by atoms with van der Waals surface area (Å²) in [4.78, 5) is 0. The number of phenols is 1. The molecule has 0 heterocycles. The highest BCUT2D eigenvalue weighted by Gasteiger charge is 2.32. The first-order chi connectivity index (χ1) is 15.8. The van der Waals surface area contributed by atoms with Crippen molar-refractivity contribution in [2.45, 2.75) is 38.0 Å². The van der Waals surface area contributed by atoms with Crippen LogP contribution in [-0.4, -0.2) is 34.5 Å². The van der Waals surface area contributed by atoms with E-state index in [1.807, 2.05) is 19.1 Å². The first-order valence-electron chi connectivity index (χ1n) is 10.8. The average molecular weight is 458 g/mol. The average Bonchev–Trinajstić information content (AvgIpc) is 2.83. The van der Waals surface area contributed by atoms with Gasteiger partial charge in [-0.2, -0.15) is 8.78 Å². The molecule has 0 amide bonds. The monoisotopic (exact) mass is 457 g/mol. The molecule has 0 unspecified atom stereocenters. The summed E-state index contributed by atoms with van der Waals surface area (Å²) in [5.74, 6) is -2.71. The van der Waals surface area contributed by atoms with E-state index < -0.39 is 18.6 Å². The molecule has 176 valence electrons. The molecule has 3 aromatic carbocycles. The Balaban J connectivity index is 1.47. The fraction of sp³-hybridized carbons (Fsp3) is 0.308. The summed E-state index contributed by atoms with van der Waals surface area (Å²) in [5, 5.41) is 32.5. The summed E-state index contributed by atoms with van der Waals surface area (Å²) >= 11 is 0. The number of rotatable bonds is 11. The summed E-state index contributed by atoms with van der Waals surface area (Å²) in [5.41, 5.74) is 1.89. The highest BCUT2D eigenvalue weighted by atomic mass is 19.3. The molecule has 0 saturated carbocycles. The molecule has 3 aromatic rings. The molecule has 33 heavy (non-hydrogen) atoms. The van der Waals surface area contributed by atoms with Crippen molar-refractivity contribution in [3.63, 3.8) is 0 Å². The Morgan fingerprint density at radius 1 is 1.00 bits per heavy atom. The fourth-order valence-electron chi connectivity index (χ4n) is 3.46. The van der Waals surface area contributed by atoms with Crippen LogP contribution in [0, 0.1) is 0 Å². The standard InChI is InChI=1S/C26H29F2NO4/c1-18(29-15-25(32)20-9-12-24(31)21(14-20)16-30)13-19-7-10-23(11-8-19)33-17-26(27,28)22-5-3-2-4-6-22/h2-12,14,18,25,29-32H,13,15-17H2,1H3/t18-,25+/m1/s1. The van der Waals surface area contributed by atoms with Crippen LogP contribution in [0.4, 0.5) is 8.78 Å². The summed E-state index contributed by atoms with van der Waals surface area (Å²) in [6, 6.07) is 19.3. The van der Waals surface area contributed by atoms with E-state index in [0.29, 0.717) is 29.8 Å². The van der Waals surface area contributed by atoms with Crippen LogP contribution in [0.5, 0.6) is 11.5 Å². The number of halogens is 2. The normalized spacial score (nSPS) is 13.5. The lowest BCUT2D eigenvalue weighted by molar-refractivity contribution is -0.0467. The van der Waals surface area contributed by atoms with Crippen molar-refractivity contribution in [1.29, 1.82) is 0 Å². The van der Waals surface area contributed by atoms with Crippen LogP contribution in [0.25, 0.3) is 0 Å². The maximum atomic E-state index is 14.2. The third-order valence-electron chi connectivity index (χ3n) is 5.40. The Bertz CT molecular complexity index is 1010. The van der Waals surface area contributed by atoms with E-state index in [4.69, 9.17) is 4.74 Å². The van der Waals surface area contributed by atoms with Crippen LogP contribution in [-0.2, 0) is 19.0 Å². The van der Waals surface area contributed by atoms with E-state index in [1.54, 1.807) is 42.5 Å². The molecule has 5 nitrogen and oxygen atoms in total. The minimum Gasteiger partial charge on any atom is -0.508 e. The third kappa shape index (κ3) is 6.99. The molecule has 0 fully saturated rings.